The SMILES string of the molecule is O=C1CC(C(=O)Nc2ccc3c(c2)OCCO3)n2nc(-c3ccc(F)cc3)nc2N1. The van der Waals surface area contributed by atoms with Crippen LogP contribution in [0.25, 0.3) is 11.4 Å². The Balaban J connectivity index is 1.42. The van der Waals surface area contributed by atoms with E-state index in [1.807, 2.05) is 0 Å². The summed E-state index contributed by atoms with van der Waals surface area (Å²) in [7, 11) is 0. The normalized spacial score (nSPS) is 17.1. The molecule has 2 aromatic carbocycles. The molecule has 9 nitrogen and oxygen atoms in total. The molecule has 2 N–H and O–H groups in total. The average Bonchev–Trinajstić information content (AvgIpc) is 3.17. The third-order valence-electron chi connectivity index (χ3n) is 4.77. The van der Waals surface area contributed by atoms with Crippen LogP contribution in [0.3, 0.4) is 0 Å². The van der Waals surface area contributed by atoms with Crippen LogP contribution in [-0.4, -0.2) is 39.8 Å². The Morgan fingerprint density at radius 3 is 2.70 bits per heavy atom. The van der Waals surface area contributed by atoms with Crippen molar-refractivity contribution in [1.29, 1.82) is 0 Å². The van der Waals surface area contributed by atoms with Gasteiger partial charge in [0.15, 0.2) is 17.3 Å². The minimum atomic E-state index is -0.886. The molecule has 1 aromatic heterocycles. The maximum Gasteiger partial charge on any atom is 0.249 e. The zero-order valence-electron chi connectivity index (χ0n) is 15.6. The number of carbonyl (C=O) groups excluding carboxylic acids is 2. The van der Waals surface area contributed by atoms with Gasteiger partial charge in [0.25, 0.3) is 0 Å². The molecular formula is C20H16FN5O4. The maximum absolute atomic E-state index is 13.2. The van der Waals surface area contributed by atoms with Crippen molar-refractivity contribution < 1.29 is 23.5 Å². The van der Waals surface area contributed by atoms with Gasteiger partial charge in [-0.3, -0.25) is 14.9 Å². The molecular weight excluding hydrogens is 393 g/mol. The molecule has 0 saturated carbocycles. The van der Waals surface area contributed by atoms with E-state index in [1.165, 1.54) is 28.9 Å². The highest BCUT2D eigenvalue weighted by Gasteiger charge is 2.33. The first kappa shape index (κ1) is 18.1. The lowest BCUT2D eigenvalue weighted by Gasteiger charge is -2.23. The molecule has 152 valence electrons. The second-order valence-electron chi connectivity index (χ2n) is 6.83. The first-order chi connectivity index (χ1) is 14.6. The van der Waals surface area contributed by atoms with E-state index in [2.05, 4.69) is 20.7 Å². The van der Waals surface area contributed by atoms with E-state index in [0.717, 1.165) is 0 Å². The number of benzene rings is 2. The van der Waals surface area contributed by atoms with Crippen LogP contribution >= 0.6 is 0 Å². The summed E-state index contributed by atoms with van der Waals surface area (Å²) in [4.78, 5) is 29.3. The van der Waals surface area contributed by atoms with Gasteiger partial charge in [0.1, 0.15) is 25.1 Å². The van der Waals surface area contributed by atoms with Crippen molar-refractivity contribution in [3.63, 3.8) is 0 Å². The molecule has 0 fully saturated rings. The third kappa shape index (κ3) is 3.32. The number of fused-ring (bicyclic) bond motifs is 2. The average molecular weight is 409 g/mol. The molecule has 10 heteroatoms. The summed E-state index contributed by atoms with van der Waals surface area (Å²) in [6.07, 6.45) is -0.0877. The fourth-order valence-electron chi connectivity index (χ4n) is 3.34. The highest BCUT2D eigenvalue weighted by Crippen LogP contribution is 2.33. The van der Waals surface area contributed by atoms with E-state index in [0.29, 0.717) is 36.0 Å². The van der Waals surface area contributed by atoms with Gasteiger partial charge in [-0.1, -0.05) is 0 Å². The number of aromatic nitrogens is 3. The number of amides is 2. The van der Waals surface area contributed by atoms with Crippen LogP contribution in [0.1, 0.15) is 12.5 Å². The Labute approximate surface area is 169 Å². The summed E-state index contributed by atoms with van der Waals surface area (Å²) in [5.74, 6) is 0.449. The number of nitrogens with one attached hydrogen (secondary N) is 2. The molecule has 1 unspecified atom stereocenters. The van der Waals surface area contributed by atoms with Crippen molar-refractivity contribution in [3.8, 4) is 22.9 Å². The van der Waals surface area contributed by atoms with Crippen LogP contribution in [0, 0.1) is 5.82 Å². The number of rotatable bonds is 3. The molecule has 2 aliphatic heterocycles. The van der Waals surface area contributed by atoms with Gasteiger partial charge in [-0.05, 0) is 36.4 Å². The van der Waals surface area contributed by atoms with Gasteiger partial charge in [-0.2, -0.15) is 4.98 Å². The number of hydrogen-bond acceptors (Lipinski definition) is 6. The van der Waals surface area contributed by atoms with Crippen LogP contribution in [0.5, 0.6) is 11.5 Å². The number of ether oxygens (including phenoxy) is 2. The van der Waals surface area contributed by atoms with Crippen LogP contribution < -0.4 is 20.1 Å². The van der Waals surface area contributed by atoms with Gasteiger partial charge in [0.05, 0.1) is 6.42 Å². The number of halogens is 1. The van der Waals surface area contributed by atoms with Crippen LogP contribution in [0.15, 0.2) is 42.5 Å². The lowest BCUT2D eigenvalue weighted by molar-refractivity contribution is -0.125. The summed E-state index contributed by atoms with van der Waals surface area (Å²) in [6.45, 7) is 0.906. The monoisotopic (exact) mass is 409 g/mol. The predicted molar refractivity (Wildman–Crippen MR) is 104 cm³/mol. The largest absolute Gasteiger partial charge is 0.486 e. The lowest BCUT2D eigenvalue weighted by atomic mass is 10.1. The Hall–Kier alpha value is -3.95. The highest BCUT2D eigenvalue weighted by atomic mass is 19.1. The quantitative estimate of drug-likeness (QED) is 0.688. The van der Waals surface area contributed by atoms with Crippen LogP contribution in [-0.2, 0) is 9.59 Å². The van der Waals surface area contributed by atoms with Gasteiger partial charge in [0.2, 0.25) is 17.8 Å². The topological polar surface area (TPSA) is 107 Å². The molecule has 0 bridgehead atoms. The molecule has 0 saturated heterocycles. The summed E-state index contributed by atoms with van der Waals surface area (Å²) in [5, 5.41) is 9.76. The van der Waals surface area contributed by atoms with Gasteiger partial charge >= 0.3 is 0 Å². The number of nitrogens with zero attached hydrogens (tertiary/aromatic N) is 3. The lowest BCUT2D eigenvalue weighted by Crippen LogP contribution is -2.36. The molecule has 0 aliphatic carbocycles. The van der Waals surface area contributed by atoms with E-state index in [9.17, 15) is 14.0 Å². The number of anilines is 2. The van der Waals surface area contributed by atoms with E-state index < -0.39 is 11.9 Å². The van der Waals surface area contributed by atoms with E-state index in [4.69, 9.17) is 9.47 Å². The van der Waals surface area contributed by atoms with Gasteiger partial charge < -0.3 is 14.8 Å². The Kier molecular flexibility index (Phi) is 4.31. The molecule has 2 aliphatic rings. The number of carbonyl (C=O) groups is 2. The van der Waals surface area contributed by atoms with Crippen molar-refractivity contribution in [1.82, 2.24) is 14.8 Å². The van der Waals surface area contributed by atoms with Crippen molar-refractivity contribution in [2.45, 2.75) is 12.5 Å². The Morgan fingerprint density at radius 1 is 1.13 bits per heavy atom. The van der Waals surface area contributed by atoms with Gasteiger partial charge in [-0.25, -0.2) is 9.07 Å². The summed E-state index contributed by atoms with van der Waals surface area (Å²) in [5.41, 5.74) is 1.08. The highest BCUT2D eigenvalue weighted by molar-refractivity contribution is 6.01. The summed E-state index contributed by atoms with van der Waals surface area (Å²) < 4.78 is 25.6. The van der Waals surface area contributed by atoms with E-state index >= 15 is 0 Å². The van der Waals surface area contributed by atoms with Crippen molar-refractivity contribution >= 4 is 23.5 Å². The molecule has 0 spiro atoms. The maximum atomic E-state index is 13.2. The predicted octanol–water partition coefficient (Wildman–Crippen LogP) is 2.38. The van der Waals surface area contributed by atoms with E-state index in [1.54, 1.807) is 18.2 Å². The van der Waals surface area contributed by atoms with E-state index in [-0.39, 0.29) is 29.9 Å². The smallest absolute Gasteiger partial charge is 0.249 e. The Morgan fingerprint density at radius 2 is 1.90 bits per heavy atom. The van der Waals surface area contributed by atoms with Gasteiger partial charge in [-0.15, -0.1) is 5.10 Å². The second-order valence-corrected chi connectivity index (χ2v) is 6.83. The summed E-state index contributed by atoms with van der Waals surface area (Å²) >= 11 is 0. The third-order valence-corrected chi connectivity index (χ3v) is 4.77. The molecule has 1 atom stereocenters. The molecule has 2 amide bonds. The molecule has 3 aromatic rings. The molecule has 0 radical (unpaired) electrons. The van der Waals surface area contributed by atoms with Crippen molar-refractivity contribution in [3.05, 3.63) is 48.3 Å². The molecule has 5 rings (SSSR count). The van der Waals surface area contributed by atoms with Gasteiger partial charge in [0, 0.05) is 17.3 Å². The standard InChI is InChI=1S/C20H16FN5O4/c21-12-3-1-11(2-4-12)18-24-20-23-17(27)10-14(26(20)25-18)19(28)22-13-5-6-15-16(9-13)30-8-7-29-15/h1-6,9,14H,7-8,10H2,(H,22,28)(H,23,24,25,27). The molecule has 30 heavy (non-hydrogen) atoms. The first-order valence-electron chi connectivity index (χ1n) is 9.30. The van der Waals surface area contributed by atoms with Crippen LogP contribution in [0.2, 0.25) is 0 Å². The minimum Gasteiger partial charge on any atom is -0.486 e. The minimum absolute atomic E-state index is 0.0877. The molecule has 3 heterocycles. The zero-order chi connectivity index (χ0) is 20.7. The Bertz CT molecular complexity index is 1140. The fraction of sp³-hybridized carbons (Fsp3) is 0.200. The van der Waals surface area contributed by atoms with Crippen molar-refractivity contribution in [2.24, 2.45) is 0 Å². The zero-order valence-corrected chi connectivity index (χ0v) is 15.6. The first-order valence-corrected chi connectivity index (χ1v) is 9.30. The second kappa shape index (κ2) is 7.14. The van der Waals surface area contributed by atoms with Crippen LogP contribution in [0.4, 0.5) is 16.0 Å². The number of hydrogen-bond donors (Lipinski definition) is 2. The summed E-state index contributed by atoms with van der Waals surface area (Å²) in [6, 6.07) is 9.84. The van der Waals surface area contributed by atoms with Crippen molar-refractivity contribution in [2.75, 3.05) is 23.8 Å². The fourth-order valence-corrected chi connectivity index (χ4v) is 3.34.